The summed E-state index contributed by atoms with van der Waals surface area (Å²) in [6.07, 6.45) is 1.01. The number of likely N-dealkylation sites (N-methyl/N-ethyl adjacent to an activating group) is 1. The Morgan fingerprint density at radius 1 is 1.02 bits per heavy atom. The fraction of sp³-hybridized carbons (Fsp3) is 0.567. The number of aryl methyl sites for hydroxylation is 1. The summed E-state index contributed by atoms with van der Waals surface area (Å²) in [5.41, 5.74) is 2.95. The number of rotatable bonds is 4. The zero-order valence-corrected chi connectivity index (χ0v) is 25.3. The number of amides is 2. The summed E-state index contributed by atoms with van der Waals surface area (Å²) >= 11 is 0. The third-order valence-corrected chi connectivity index (χ3v) is 9.60. The summed E-state index contributed by atoms with van der Waals surface area (Å²) < 4.78 is 52.9. The molecule has 2 saturated heterocycles. The van der Waals surface area contributed by atoms with Gasteiger partial charge in [0.25, 0.3) is 0 Å². The molecule has 44 heavy (non-hydrogen) atoms. The predicted octanol–water partition coefficient (Wildman–Crippen LogP) is 3.62. The van der Waals surface area contributed by atoms with Crippen molar-refractivity contribution in [2.75, 3.05) is 69.8 Å². The molecule has 2 amide bonds. The minimum atomic E-state index is -4.57. The zero-order chi connectivity index (χ0) is 30.7. The fourth-order valence-corrected chi connectivity index (χ4v) is 7.05. The van der Waals surface area contributed by atoms with E-state index in [1.165, 1.54) is 16.9 Å². The first kappa shape index (κ1) is 29.0. The maximum atomic E-state index is 14.6. The molecule has 236 valence electrons. The van der Waals surface area contributed by atoms with Crippen LogP contribution < -0.4 is 15.1 Å². The number of halogens is 3. The van der Waals surface area contributed by atoms with E-state index in [1.54, 1.807) is 31.3 Å². The second-order valence-electron chi connectivity index (χ2n) is 12.2. The Bertz CT molecular complexity index is 1560. The van der Waals surface area contributed by atoms with Gasteiger partial charge in [-0.15, -0.1) is 0 Å². The van der Waals surface area contributed by atoms with Crippen molar-refractivity contribution >= 4 is 23.2 Å². The highest BCUT2D eigenvalue weighted by atomic mass is 19.4. The van der Waals surface area contributed by atoms with Crippen LogP contribution in [0.15, 0.2) is 24.5 Å². The number of benzene rings is 1. The molecule has 2 aromatic heterocycles. The third-order valence-electron chi connectivity index (χ3n) is 9.60. The van der Waals surface area contributed by atoms with Gasteiger partial charge in [-0.25, -0.2) is 4.79 Å². The van der Waals surface area contributed by atoms with Crippen LogP contribution in [-0.4, -0.2) is 101 Å². The minimum absolute atomic E-state index is 0.0972. The number of fused-ring (bicyclic) bond motifs is 2. The number of carbonyl (C=O) groups is 1. The second kappa shape index (κ2) is 11.0. The van der Waals surface area contributed by atoms with E-state index in [4.69, 9.17) is 9.84 Å². The lowest BCUT2D eigenvalue weighted by atomic mass is 9.97. The van der Waals surface area contributed by atoms with Crippen LogP contribution in [0.25, 0.3) is 11.1 Å². The first-order valence-electron chi connectivity index (χ1n) is 15.2. The quantitative estimate of drug-likeness (QED) is 0.481. The van der Waals surface area contributed by atoms with E-state index in [-0.39, 0.29) is 17.6 Å². The molecule has 11 nitrogen and oxygen atoms in total. The molecule has 0 aliphatic carbocycles. The lowest BCUT2D eigenvalue weighted by Gasteiger charge is -2.41. The summed E-state index contributed by atoms with van der Waals surface area (Å²) in [5, 5.41) is 12.0. The van der Waals surface area contributed by atoms with Gasteiger partial charge in [0.2, 0.25) is 0 Å². The first-order chi connectivity index (χ1) is 21.1. The first-order valence-corrected chi connectivity index (χ1v) is 15.2. The number of carbonyl (C=O) groups excluding carboxylic acids is 1. The molecule has 0 atom stereocenters. The van der Waals surface area contributed by atoms with Crippen molar-refractivity contribution < 1.29 is 22.7 Å². The highest BCUT2D eigenvalue weighted by molar-refractivity contribution is 5.86. The molecule has 1 aromatic carbocycles. The van der Waals surface area contributed by atoms with Gasteiger partial charge in [-0.05, 0) is 30.5 Å². The molecule has 4 aliphatic rings. The highest BCUT2D eigenvalue weighted by Crippen LogP contribution is 2.47. The summed E-state index contributed by atoms with van der Waals surface area (Å²) in [5.74, 6) is 0.639. The molecule has 0 unspecified atom stereocenters. The number of likely N-dealkylation sites (tertiary alicyclic amines) is 1. The smallest absolute Gasteiger partial charge is 0.378 e. The van der Waals surface area contributed by atoms with E-state index in [1.807, 2.05) is 16.8 Å². The molecule has 0 bridgehead atoms. The van der Waals surface area contributed by atoms with Crippen molar-refractivity contribution in [1.82, 2.24) is 34.7 Å². The molecule has 0 radical (unpaired) electrons. The van der Waals surface area contributed by atoms with Gasteiger partial charge < -0.3 is 24.8 Å². The van der Waals surface area contributed by atoms with Gasteiger partial charge in [-0.3, -0.25) is 14.3 Å². The minimum Gasteiger partial charge on any atom is -0.378 e. The maximum Gasteiger partial charge on any atom is 0.417 e. The van der Waals surface area contributed by atoms with E-state index in [9.17, 15) is 18.0 Å². The predicted molar refractivity (Wildman–Crippen MR) is 159 cm³/mol. The number of alkyl halides is 3. The highest BCUT2D eigenvalue weighted by Gasteiger charge is 2.40. The molecule has 0 spiro atoms. The van der Waals surface area contributed by atoms with Gasteiger partial charge in [0.05, 0.1) is 55.0 Å². The molecule has 0 saturated carbocycles. The van der Waals surface area contributed by atoms with Crippen molar-refractivity contribution in [3.8, 4) is 11.1 Å². The Morgan fingerprint density at radius 3 is 2.43 bits per heavy atom. The van der Waals surface area contributed by atoms with E-state index in [2.05, 4.69) is 20.0 Å². The van der Waals surface area contributed by atoms with E-state index < -0.39 is 11.7 Å². The number of nitrogens with one attached hydrogen (secondary N) is 1. The van der Waals surface area contributed by atoms with Gasteiger partial charge >= 0.3 is 12.2 Å². The molecule has 1 N–H and O–H groups in total. The number of urea groups is 1. The van der Waals surface area contributed by atoms with Crippen molar-refractivity contribution in [3.63, 3.8) is 0 Å². The van der Waals surface area contributed by atoms with Crippen molar-refractivity contribution in [2.24, 2.45) is 7.05 Å². The van der Waals surface area contributed by atoms with Crippen LogP contribution in [0.3, 0.4) is 0 Å². The van der Waals surface area contributed by atoms with Crippen LogP contribution in [0.1, 0.15) is 35.7 Å². The lowest BCUT2D eigenvalue weighted by molar-refractivity contribution is -0.137. The maximum absolute atomic E-state index is 14.6. The SMILES string of the molecule is CNC(=O)N1CCc2c(c(N3CCN(C)c4cc(-c5cnn(C)c5)c(C(F)(F)F)cc43)nn2C2CCN(C3COC3)CC2)C1. The number of piperidine rings is 1. The summed E-state index contributed by atoms with van der Waals surface area (Å²) in [7, 11) is 5.20. The number of hydrogen-bond donors (Lipinski definition) is 1. The molecule has 2 fully saturated rings. The summed E-state index contributed by atoms with van der Waals surface area (Å²) in [6, 6.07) is 3.38. The number of hydrogen-bond acceptors (Lipinski definition) is 7. The van der Waals surface area contributed by atoms with Crippen molar-refractivity contribution in [3.05, 3.63) is 41.3 Å². The Morgan fingerprint density at radius 2 is 1.80 bits per heavy atom. The second-order valence-corrected chi connectivity index (χ2v) is 12.2. The van der Waals surface area contributed by atoms with Gasteiger partial charge in [0.1, 0.15) is 0 Å². The van der Waals surface area contributed by atoms with Crippen LogP contribution in [0.2, 0.25) is 0 Å². The van der Waals surface area contributed by atoms with Gasteiger partial charge in [-0.1, -0.05) is 0 Å². The Labute approximate surface area is 254 Å². The lowest BCUT2D eigenvalue weighted by Crippen LogP contribution is -2.52. The average molecular weight is 614 g/mol. The van der Waals surface area contributed by atoms with Crippen LogP contribution in [-0.2, 0) is 30.9 Å². The molecular formula is C30H38F3N9O2. The average Bonchev–Trinajstić information content (AvgIpc) is 3.59. The number of anilines is 3. The molecule has 3 aromatic rings. The Hall–Kier alpha value is -3.78. The van der Waals surface area contributed by atoms with Gasteiger partial charge in [0, 0.05) is 83.3 Å². The molecular weight excluding hydrogens is 575 g/mol. The number of nitrogens with zero attached hydrogens (tertiary/aromatic N) is 8. The van der Waals surface area contributed by atoms with Gasteiger partial charge in [-0.2, -0.15) is 23.4 Å². The van der Waals surface area contributed by atoms with Crippen LogP contribution in [0.5, 0.6) is 0 Å². The van der Waals surface area contributed by atoms with Crippen molar-refractivity contribution in [2.45, 2.75) is 44.1 Å². The Balaban J connectivity index is 1.31. The number of aromatic nitrogens is 4. The number of ether oxygens (including phenoxy) is 1. The zero-order valence-electron chi connectivity index (χ0n) is 25.3. The molecule has 14 heteroatoms. The van der Waals surface area contributed by atoms with Crippen molar-refractivity contribution in [1.29, 1.82) is 0 Å². The summed E-state index contributed by atoms with van der Waals surface area (Å²) in [4.78, 5) is 20.9. The van der Waals surface area contributed by atoms with Crippen LogP contribution in [0, 0.1) is 0 Å². The normalized spacial score (nSPS) is 20.0. The van der Waals surface area contributed by atoms with Gasteiger partial charge in [0.15, 0.2) is 5.82 Å². The molecule has 7 rings (SSSR count). The van der Waals surface area contributed by atoms with Crippen LogP contribution in [0.4, 0.5) is 35.2 Å². The third kappa shape index (κ3) is 4.97. The topological polar surface area (TPSA) is 86.9 Å². The van der Waals surface area contributed by atoms with Crippen LogP contribution >= 0.6 is 0 Å². The molecule has 4 aliphatic heterocycles. The monoisotopic (exact) mass is 613 g/mol. The van der Waals surface area contributed by atoms with E-state index in [0.29, 0.717) is 61.4 Å². The molecule has 6 heterocycles. The standard InChI is InChI=1S/C30H38F3N9O2/c1-34-29(43)40-9-6-25-23(16-40)28(36-42(25)20-4-7-39(8-5-20)21-17-44-18-21)41-11-10-37(2)26-12-22(19-14-35-38(3)15-19)24(13-27(26)41)30(31,32)33/h12-15,20-21H,4-11,16-18H2,1-3H3,(H,34,43). The Kier molecular flexibility index (Phi) is 7.23. The fourth-order valence-electron chi connectivity index (χ4n) is 7.05. The van der Waals surface area contributed by atoms with E-state index >= 15 is 0 Å². The summed E-state index contributed by atoms with van der Waals surface area (Å²) in [6.45, 7) is 5.46. The largest absolute Gasteiger partial charge is 0.417 e. The van der Waals surface area contributed by atoms with E-state index in [0.717, 1.165) is 50.4 Å².